The molecule has 0 aromatic heterocycles. The number of aliphatic imine (C=N–C) groups is 1. The average molecular weight is 447 g/mol. The van der Waals surface area contributed by atoms with Crippen LogP contribution in [0.25, 0.3) is 0 Å². The van der Waals surface area contributed by atoms with Gasteiger partial charge in [-0.25, -0.2) is 10.0 Å². The Morgan fingerprint density at radius 3 is 2.72 bits per heavy atom. The topological polar surface area (TPSA) is 122 Å². The van der Waals surface area contributed by atoms with Crippen LogP contribution in [0.4, 0.5) is 5.69 Å². The highest BCUT2D eigenvalue weighted by atomic mass is 16.5. The van der Waals surface area contributed by atoms with Gasteiger partial charge >= 0.3 is 5.97 Å². The summed E-state index contributed by atoms with van der Waals surface area (Å²) in [5, 5.41) is 4.52. The number of nitrogens with one attached hydrogen (secondary N) is 2. The van der Waals surface area contributed by atoms with Gasteiger partial charge in [0.25, 0.3) is 0 Å². The number of guanidine groups is 1. The van der Waals surface area contributed by atoms with Crippen LogP contribution < -0.4 is 15.5 Å². The Morgan fingerprint density at radius 2 is 2.00 bits per heavy atom. The minimum Gasteiger partial charge on any atom is -0.494 e. The molecule has 0 spiro atoms. The van der Waals surface area contributed by atoms with Crippen molar-refractivity contribution in [2.45, 2.75) is 26.3 Å². The second kappa shape index (κ2) is 11.4. The lowest BCUT2D eigenvalue weighted by Gasteiger charge is -2.29. The Hall–Kier alpha value is -3.18. The first-order valence-electron chi connectivity index (χ1n) is 10.5. The van der Waals surface area contributed by atoms with Crippen molar-refractivity contribution in [2.75, 3.05) is 46.6 Å². The van der Waals surface area contributed by atoms with E-state index in [1.165, 1.54) is 14.0 Å². The molecule has 1 saturated heterocycles. The van der Waals surface area contributed by atoms with Crippen molar-refractivity contribution in [2.24, 2.45) is 4.99 Å². The monoisotopic (exact) mass is 447 g/mol. The smallest absolute Gasteiger partial charge is 0.325 e. The van der Waals surface area contributed by atoms with E-state index in [-0.39, 0.29) is 24.3 Å². The van der Waals surface area contributed by atoms with E-state index < -0.39 is 5.97 Å². The van der Waals surface area contributed by atoms with E-state index in [4.69, 9.17) is 14.2 Å². The van der Waals surface area contributed by atoms with Crippen LogP contribution in [-0.2, 0) is 30.4 Å². The number of hydrazine groups is 1. The zero-order chi connectivity index (χ0) is 22.9. The van der Waals surface area contributed by atoms with Crippen LogP contribution >= 0.6 is 0 Å². The lowest BCUT2D eigenvalue weighted by atomic mass is 10.1. The Bertz CT molecular complexity index is 868. The number of carbonyl (C=O) groups is 3. The molecule has 1 aromatic carbocycles. The van der Waals surface area contributed by atoms with Crippen molar-refractivity contribution in [1.82, 2.24) is 20.7 Å². The van der Waals surface area contributed by atoms with Crippen LogP contribution in [-0.4, -0.2) is 80.2 Å². The second-order valence-corrected chi connectivity index (χ2v) is 7.43. The van der Waals surface area contributed by atoms with E-state index in [1.54, 1.807) is 11.0 Å². The first-order valence-corrected chi connectivity index (χ1v) is 10.5. The van der Waals surface area contributed by atoms with E-state index in [0.29, 0.717) is 63.7 Å². The molecule has 0 radical (unpaired) electrons. The number of morpholine rings is 1. The molecule has 2 aliphatic rings. The number of rotatable bonds is 8. The van der Waals surface area contributed by atoms with Crippen molar-refractivity contribution < 1.29 is 28.6 Å². The van der Waals surface area contributed by atoms with Crippen molar-refractivity contribution in [3.63, 3.8) is 0 Å². The number of nitrogens with zero attached hydrogens (tertiary/aromatic N) is 3. The Morgan fingerprint density at radius 1 is 1.22 bits per heavy atom. The van der Waals surface area contributed by atoms with Crippen LogP contribution in [0.1, 0.15) is 25.3 Å². The SMILES string of the molecule is COC(=O)CN1Cc2ccc(OCCCC(=O)NN3CCOCC3)cc2N=C1NC(C)=O. The van der Waals surface area contributed by atoms with Gasteiger partial charge in [-0.15, -0.1) is 0 Å². The molecular weight excluding hydrogens is 418 g/mol. The van der Waals surface area contributed by atoms with Crippen LogP contribution in [0.2, 0.25) is 0 Å². The number of methoxy groups -OCH3 is 1. The molecule has 174 valence electrons. The lowest BCUT2D eigenvalue weighted by Crippen LogP contribution is -2.48. The Balaban J connectivity index is 1.53. The van der Waals surface area contributed by atoms with E-state index in [0.717, 1.165) is 5.56 Å². The summed E-state index contributed by atoms with van der Waals surface area (Å²) in [5.74, 6) is 0.141. The predicted octanol–water partition coefficient (Wildman–Crippen LogP) is 0.321. The molecule has 0 aliphatic carbocycles. The summed E-state index contributed by atoms with van der Waals surface area (Å²) in [4.78, 5) is 41.4. The fourth-order valence-electron chi connectivity index (χ4n) is 3.28. The van der Waals surface area contributed by atoms with Gasteiger partial charge < -0.3 is 19.1 Å². The summed E-state index contributed by atoms with van der Waals surface area (Å²) in [6, 6.07) is 5.47. The fraction of sp³-hybridized carbons (Fsp3) is 0.524. The summed E-state index contributed by atoms with van der Waals surface area (Å²) in [6.07, 6.45) is 0.927. The Kier molecular flexibility index (Phi) is 8.40. The molecule has 11 nitrogen and oxygen atoms in total. The van der Waals surface area contributed by atoms with Gasteiger partial charge in [-0.2, -0.15) is 0 Å². The zero-order valence-corrected chi connectivity index (χ0v) is 18.4. The van der Waals surface area contributed by atoms with Gasteiger partial charge in [0.15, 0.2) is 0 Å². The van der Waals surface area contributed by atoms with E-state index in [9.17, 15) is 14.4 Å². The highest BCUT2D eigenvalue weighted by Crippen LogP contribution is 2.30. The summed E-state index contributed by atoms with van der Waals surface area (Å²) in [6.45, 7) is 4.74. The van der Waals surface area contributed by atoms with Crippen LogP contribution in [0, 0.1) is 0 Å². The van der Waals surface area contributed by atoms with Crippen molar-refractivity contribution in [3.8, 4) is 5.75 Å². The molecule has 2 heterocycles. The van der Waals surface area contributed by atoms with Crippen LogP contribution in [0.5, 0.6) is 5.75 Å². The molecule has 11 heteroatoms. The highest BCUT2D eigenvalue weighted by molar-refractivity contribution is 5.99. The molecule has 0 bridgehead atoms. The number of hydrogen-bond acceptors (Lipinski definition) is 9. The number of carbonyl (C=O) groups excluding carboxylic acids is 3. The molecule has 2 aliphatic heterocycles. The second-order valence-electron chi connectivity index (χ2n) is 7.43. The van der Waals surface area contributed by atoms with E-state index >= 15 is 0 Å². The van der Waals surface area contributed by atoms with E-state index in [1.807, 2.05) is 17.1 Å². The minimum absolute atomic E-state index is 0.0280. The summed E-state index contributed by atoms with van der Waals surface area (Å²) in [5.41, 5.74) is 4.41. The zero-order valence-electron chi connectivity index (χ0n) is 18.4. The lowest BCUT2D eigenvalue weighted by molar-refractivity contribution is -0.141. The average Bonchev–Trinajstić information content (AvgIpc) is 2.77. The minimum atomic E-state index is -0.427. The van der Waals surface area contributed by atoms with Gasteiger partial charge in [-0.3, -0.25) is 25.1 Å². The molecule has 3 rings (SSSR count). The van der Waals surface area contributed by atoms with Gasteiger partial charge in [0.1, 0.15) is 12.3 Å². The molecule has 0 saturated carbocycles. The van der Waals surface area contributed by atoms with E-state index in [2.05, 4.69) is 15.7 Å². The predicted molar refractivity (Wildman–Crippen MR) is 115 cm³/mol. The van der Waals surface area contributed by atoms with Crippen LogP contribution in [0.3, 0.4) is 0 Å². The molecule has 1 fully saturated rings. The molecule has 2 N–H and O–H groups in total. The molecule has 1 aromatic rings. The summed E-state index contributed by atoms with van der Waals surface area (Å²) >= 11 is 0. The number of amides is 2. The number of fused-ring (bicyclic) bond motifs is 1. The molecule has 32 heavy (non-hydrogen) atoms. The van der Waals surface area contributed by atoms with Gasteiger partial charge in [0, 0.05) is 39.0 Å². The van der Waals surface area contributed by atoms with Crippen molar-refractivity contribution in [3.05, 3.63) is 23.8 Å². The maximum Gasteiger partial charge on any atom is 0.325 e. The normalized spacial score (nSPS) is 15.9. The standard InChI is InChI=1S/C21H29N5O6/c1-15(27)22-21-23-18-12-17(6-5-16(18)13-25(21)14-20(29)30-2)32-9-3-4-19(28)24-26-7-10-31-11-8-26/h5-6,12H,3-4,7-11,13-14H2,1-2H3,(H,24,28)(H,22,23,27). The van der Waals surface area contributed by atoms with Gasteiger partial charge in [0.05, 0.1) is 32.6 Å². The third-order valence-electron chi connectivity index (χ3n) is 4.89. The highest BCUT2D eigenvalue weighted by Gasteiger charge is 2.23. The van der Waals surface area contributed by atoms with Gasteiger partial charge in [-0.1, -0.05) is 6.07 Å². The van der Waals surface area contributed by atoms with Crippen molar-refractivity contribution in [1.29, 1.82) is 0 Å². The summed E-state index contributed by atoms with van der Waals surface area (Å²) in [7, 11) is 1.31. The third-order valence-corrected chi connectivity index (χ3v) is 4.89. The molecular formula is C21H29N5O6. The number of ether oxygens (including phenoxy) is 3. The third kappa shape index (κ3) is 6.92. The first-order chi connectivity index (χ1) is 15.4. The van der Waals surface area contributed by atoms with Crippen molar-refractivity contribution >= 4 is 29.4 Å². The largest absolute Gasteiger partial charge is 0.494 e. The molecule has 0 unspecified atom stereocenters. The number of benzene rings is 1. The van der Waals surface area contributed by atoms with Gasteiger partial charge in [0.2, 0.25) is 17.8 Å². The summed E-state index contributed by atoms with van der Waals surface area (Å²) < 4.78 is 15.8. The van der Waals surface area contributed by atoms with Crippen LogP contribution in [0.15, 0.2) is 23.2 Å². The molecule has 2 amide bonds. The fourth-order valence-corrected chi connectivity index (χ4v) is 3.28. The quantitative estimate of drug-likeness (QED) is 0.432. The number of hydrogen-bond donors (Lipinski definition) is 2. The first kappa shape index (κ1) is 23.5. The maximum atomic E-state index is 12.0. The maximum absolute atomic E-state index is 12.0. The number of esters is 1. The Labute approximate surface area is 186 Å². The van der Waals surface area contributed by atoms with Gasteiger partial charge in [-0.05, 0) is 18.1 Å². The molecule has 0 atom stereocenters.